The van der Waals surface area contributed by atoms with Gasteiger partial charge in [-0.05, 0) is 53.9 Å². The lowest BCUT2D eigenvalue weighted by Gasteiger charge is -2.23. The highest BCUT2D eigenvalue weighted by molar-refractivity contribution is 7.17. The molecule has 3 nitrogen and oxygen atoms in total. The number of carbonyl (C=O) groups is 1. The molecule has 4 rings (SSSR count). The van der Waals surface area contributed by atoms with Crippen molar-refractivity contribution in [2.45, 2.75) is 12.5 Å². The van der Waals surface area contributed by atoms with Crippen molar-refractivity contribution in [1.29, 1.82) is 0 Å². The van der Waals surface area contributed by atoms with Crippen LogP contribution in [0.4, 0.5) is 0 Å². The molecule has 98 valence electrons. The molecule has 1 N–H and O–H groups in total. The molecule has 1 aromatic heterocycles. The Labute approximate surface area is 116 Å². The molecule has 3 atom stereocenters. The predicted octanol–water partition coefficient (Wildman–Crippen LogP) is 2.34. The number of rotatable bonds is 2. The Morgan fingerprint density at radius 1 is 1.32 bits per heavy atom. The summed E-state index contributed by atoms with van der Waals surface area (Å²) >= 11 is 1.71. The van der Waals surface area contributed by atoms with E-state index < -0.39 is 0 Å². The zero-order valence-corrected chi connectivity index (χ0v) is 11.5. The third-order valence-corrected chi connectivity index (χ3v) is 5.26. The van der Waals surface area contributed by atoms with Gasteiger partial charge in [-0.25, -0.2) is 0 Å². The molecule has 2 bridgehead atoms. The summed E-state index contributed by atoms with van der Waals surface area (Å²) in [4.78, 5) is 14.8. The second-order valence-electron chi connectivity index (χ2n) is 5.56. The molecular formula is C15H16N2OS. The van der Waals surface area contributed by atoms with E-state index in [0.717, 1.165) is 24.0 Å². The van der Waals surface area contributed by atoms with E-state index in [4.69, 9.17) is 0 Å². The lowest BCUT2D eigenvalue weighted by molar-refractivity contribution is 0.0924. The number of piperidine rings is 1. The van der Waals surface area contributed by atoms with Crippen molar-refractivity contribution in [3.63, 3.8) is 0 Å². The molecule has 19 heavy (non-hydrogen) atoms. The Hall–Kier alpha value is -1.39. The highest BCUT2D eigenvalue weighted by Crippen LogP contribution is 2.28. The third kappa shape index (κ3) is 1.95. The van der Waals surface area contributed by atoms with Gasteiger partial charge in [-0.2, -0.15) is 0 Å². The molecule has 2 fully saturated rings. The summed E-state index contributed by atoms with van der Waals surface area (Å²) in [6, 6.07) is 8.38. The van der Waals surface area contributed by atoms with E-state index in [2.05, 4.69) is 21.7 Å². The zero-order valence-electron chi connectivity index (χ0n) is 10.6. The summed E-state index contributed by atoms with van der Waals surface area (Å²) in [6.45, 7) is 3.39. The topological polar surface area (TPSA) is 32.3 Å². The minimum Gasteiger partial charge on any atom is -0.348 e. The number of benzene rings is 1. The van der Waals surface area contributed by atoms with Gasteiger partial charge in [0.25, 0.3) is 5.91 Å². The molecule has 2 aromatic rings. The van der Waals surface area contributed by atoms with Gasteiger partial charge in [-0.3, -0.25) is 4.79 Å². The van der Waals surface area contributed by atoms with Crippen LogP contribution in [0.2, 0.25) is 0 Å². The van der Waals surface area contributed by atoms with Gasteiger partial charge in [0.15, 0.2) is 0 Å². The summed E-state index contributed by atoms with van der Waals surface area (Å²) in [6.07, 6.45) is 1.23. The smallest absolute Gasteiger partial charge is 0.251 e. The molecule has 2 aliphatic rings. The van der Waals surface area contributed by atoms with Gasteiger partial charge < -0.3 is 10.2 Å². The predicted molar refractivity (Wildman–Crippen MR) is 77.6 cm³/mol. The van der Waals surface area contributed by atoms with Gasteiger partial charge in [-0.1, -0.05) is 0 Å². The molecule has 2 aliphatic heterocycles. The lowest BCUT2D eigenvalue weighted by Crippen LogP contribution is -2.43. The van der Waals surface area contributed by atoms with Crippen LogP contribution in [0.1, 0.15) is 16.8 Å². The average Bonchev–Trinajstić information content (AvgIpc) is 3.13. The van der Waals surface area contributed by atoms with Gasteiger partial charge >= 0.3 is 0 Å². The van der Waals surface area contributed by atoms with Crippen LogP contribution in [0.5, 0.6) is 0 Å². The van der Waals surface area contributed by atoms with Gasteiger partial charge in [0, 0.05) is 29.4 Å². The molecule has 0 saturated carbocycles. The molecule has 0 aliphatic carbocycles. The number of nitrogens with zero attached hydrogens (tertiary/aromatic N) is 1. The number of amides is 1. The van der Waals surface area contributed by atoms with Gasteiger partial charge in [-0.15, -0.1) is 11.3 Å². The van der Waals surface area contributed by atoms with Crippen LogP contribution in [-0.2, 0) is 0 Å². The van der Waals surface area contributed by atoms with Crippen molar-refractivity contribution in [3.05, 3.63) is 35.2 Å². The monoisotopic (exact) mass is 272 g/mol. The highest BCUT2D eigenvalue weighted by Gasteiger charge is 2.38. The van der Waals surface area contributed by atoms with Gasteiger partial charge in [0.05, 0.1) is 0 Å². The van der Waals surface area contributed by atoms with E-state index in [1.165, 1.54) is 17.7 Å². The van der Waals surface area contributed by atoms with Crippen LogP contribution in [0.25, 0.3) is 10.1 Å². The van der Waals surface area contributed by atoms with E-state index >= 15 is 0 Å². The Balaban J connectivity index is 1.53. The summed E-state index contributed by atoms with van der Waals surface area (Å²) < 4.78 is 1.24. The lowest BCUT2D eigenvalue weighted by atomic mass is 9.99. The van der Waals surface area contributed by atoms with Crippen LogP contribution in [0, 0.1) is 5.92 Å². The maximum absolute atomic E-state index is 12.3. The van der Waals surface area contributed by atoms with Crippen LogP contribution < -0.4 is 5.32 Å². The third-order valence-electron chi connectivity index (χ3n) is 4.36. The number of carbonyl (C=O) groups excluding carboxylic acids is 1. The molecule has 0 spiro atoms. The van der Waals surface area contributed by atoms with Crippen molar-refractivity contribution in [2.75, 3.05) is 19.6 Å². The van der Waals surface area contributed by atoms with E-state index in [0.29, 0.717) is 12.0 Å². The van der Waals surface area contributed by atoms with Gasteiger partial charge in [0.2, 0.25) is 0 Å². The number of hydrogen-bond donors (Lipinski definition) is 1. The van der Waals surface area contributed by atoms with Crippen molar-refractivity contribution < 1.29 is 4.79 Å². The maximum Gasteiger partial charge on any atom is 0.251 e. The second-order valence-corrected chi connectivity index (χ2v) is 6.51. The van der Waals surface area contributed by atoms with E-state index in [1.807, 2.05) is 18.2 Å². The first-order valence-corrected chi connectivity index (χ1v) is 7.68. The Morgan fingerprint density at radius 2 is 2.26 bits per heavy atom. The normalized spacial score (nSPS) is 28.9. The first-order valence-electron chi connectivity index (χ1n) is 6.80. The van der Waals surface area contributed by atoms with Crippen LogP contribution in [-0.4, -0.2) is 36.5 Å². The number of thiophene rings is 1. The zero-order chi connectivity index (χ0) is 12.8. The quantitative estimate of drug-likeness (QED) is 0.910. The van der Waals surface area contributed by atoms with Crippen LogP contribution in [0.15, 0.2) is 29.6 Å². The Bertz CT molecular complexity index is 636. The SMILES string of the molecule is O=C(NC1CN2CCC1C2)c1ccc2sccc2c1. The summed E-state index contributed by atoms with van der Waals surface area (Å²) in [5.41, 5.74) is 0.781. The molecule has 1 aromatic carbocycles. The first-order chi connectivity index (χ1) is 9.29. The fraction of sp³-hybridized carbons (Fsp3) is 0.400. The maximum atomic E-state index is 12.3. The minimum atomic E-state index is 0.0758. The summed E-state index contributed by atoms with van der Waals surface area (Å²) in [7, 11) is 0. The summed E-state index contributed by atoms with van der Waals surface area (Å²) in [5.74, 6) is 0.737. The van der Waals surface area contributed by atoms with E-state index in [-0.39, 0.29) is 5.91 Å². The number of fused-ring (bicyclic) bond motifs is 3. The molecular weight excluding hydrogens is 256 g/mol. The molecule has 4 heteroatoms. The average molecular weight is 272 g/mol. The van der Waals surface area contributed by atoms with Gasteiger partial charge in [0.1, 0.15) is 0 Å². The number of hydrogen-bond acceptors (Lipinski definition) is 3. The molecule has 3 heterocycles. The molecule has 1 amide bonds. The largest absolute Gasteiger partial charge is 0.348 e. The Kier molecular flexibility index (Phi) is 2.60. The van der Waals surface area contributed by atoms with Crippen molar-refractivity contribution in [3.8, 4) is 0 Å². The first kappa shape index (κ1) is 11.4. The molecule has 2 saturated heterocycles. The molecule has 0 radical (unpaired) electrons. The second kappa shape index (κ2) is 4.32. The highest BCUT2D eigenvalue weighted by atomic mass is 32.1. The fourth-order valence-electron chi connectivity index (χ4n) is 3.31. The van der Waals surface area contributed by atoms with Crippen LogP contribution >= 0.6 is 11.3 Å². The van der Waals surface area contributed by atoms with Crippen LogP contribution in [0.3, 0.4) is 0 Å². The van der Waals surface area contributed by atoms with Crippen molar-refractivity contribution in [2.24, 2.45) is 5.92 Å². The van der Waals surface area contributed by atoms with Crippen molar-refractivity contribution in [1.82, 2.24) is 10.2 Å². The van der Waals surface area contributed by atoms with E-state index in [1.54, 1.807) is 11.3 Å². The fourth-order valence-corrected chi connectivity index (χ4v) is 4.08. The summed E-state index contributed by atoms with van der Waals surface area (Å²) in [5, 5.41) is 6.43. The van der Waals surface area contributed by atoms with Crippen molar-refractivity contribution >= 4 is 27.3 Å². The van der Waals surface area contributed by atoms with E-state index in [9.17, 15) is 4.79 Å². The Morgan fingerprint density at radius 3 is 3.05 bits per heavy atom. The minimum absolute atomic E-state index is 0.0758. The molecule has 3 unspecified atom stereocenters. The standard InChI is InChI=1S/C15H16N2OS/c18-15(16-13-9-17-5-3-12(13)8-17)11-1-2-14-10(7-11)4-6-19-14/h1-2,4,6-7,12-13H,3,5,8-9H2,(H,16,18). The number of nitrogens with one attached hydrogen (secondary N) is 1.